The molecule has 0 aromatic heterocycles. The summed E-state index contributed by atoms with van der Waals surface area (Å²) in [6, 6.07) is 22.8. The van der Waals surface area contributed by atoms with Crippen LogP contribution in [0.25, 0.3) is 11.1 Å². The van der Waals surface area contributed by atoms with Crippen LogP contribution >= 0.6 is 0 Å². The molecule has 1 aliphatic rings. The number of para-hydroxylation sites is 1. The van der Waals surface area contributed by atoms with Crippen molar-refractivity contribution in [3.05, 3.63) is 91.0 Å². The second-order valence-corrected chi connectivity index (χ2v) is 7.55. The zero-order chi connectivity index (χ0) is 22.5. The normalized spacial score (nSPS) is 13.5. The summed E-state index contributed by atoms with van der Waals surface area (Å²) < 4.78 is 5.87. The molecule has 2 amide bonds. The number of benzene rings is 3. The first-order chi connectivity index (χ1) is 15.5. The van der Waals surface area contributed by atoms with Gasteiger partial charge in [-0.1, -0.05) is 36.9 Å². The molecule has 1 heterocycles. The van der Waals surface area contributed by atoms with E-state index in [1.165, 1.54) is 6.08 Å². The van der Waals surface area contributed by atoms with Gasteiger partial charge < -0.3 is 20.3 Å². The summed E-state index contributed by atoms with van der Waals surface area (Å²) in [7, 11) is 0. The third-order valence-electron chi connectivity index (χ3n) is 5.54. The molecule has 32 heavy (non-hydrogen) atoms. The van der Waals surface area contributed by atoms with Gasteiger partial charge in [0.2, 0.25) is 11.8 Å². The minimum Gasteiger partial charge on any atom is -0.457 e. The zero-order valence-electron chi connectivity index (χ0n) is 17.7. The van der Waals surface area contributed by atoms with Crippen LogP contribution in [0.4, 0.5) is 5.69 Å². The number of primary amides is 1. The Hall–Kier alpha value is -4.06. The van der Waals surface area contributed by atoms with Crippen LogP contribution in [0, 0.1) is 0 Å². The largest absolute Gasteiger partial charge is 0.457 e. The number of nitrogens with zero attached hydrogens (tertiary/aromatic N) is 2. The van der Waals surface area contributed by atoms with Crippen molar-refractivity contribution in [2.45, 2.75) is 0 Å². The van der Waals surface area contributed by atoms with Gasteiger partial charge in [0.25, 0.3) is 0 Å². The first-order valence-corrected chi connectivity index (χ1v) is 10.5. The monoisotopic (exact) mass is 427 g/mol. The van der Waals surface area contributed by atoms with Gasteiger partial charge in [-0.25, -0.2) is 0 Å². The maximum absolute atomic E-state index is 12.1. The highest BCUT2D eigenvalue weighted by atomic mass is 16.5. The Bertz CT molecular complexity index is 1120. The maximum Gasteiger partial charge on any atom is 0.249 e. The van der Waals surface area contributed by atoms with Crippen LogP contribution in [0.15, 0.2) is 85.5 Å². The van der Waals surface area contributed by atoms with E-state index in [2.05, 4.69) is 11.5 Å². The van der Waals surface area contributed by atoms with E-state index in [1.54, 1.807) is 11.0 Å². The minimum absolute atomic E-state index is 0.0489. The number of ether oxygens (including phenoxy) is 1. The molecule has 1 fully saturated rings. The molecule has 2 N–H and O–H groups in total. The van der Waals surface area contributed by atoms with E-state index >= 15 is 0 Å². The summed E-state index contributed by atoms with van der Waals surface area (Å²) in [6.45, 7) is 6.23. The average Bonchev–Trinajstić information content (AvgIpc) is 2.84. The van der Waals surface area contributed by atoms with E-state index in [0.717, 1.165) is 22.6 Å². The quantitative estimate of drug-likeness (QED) is 0.602. The number of anilines is 1. The lowest BCUT2D eigenvalue weighted by atomic mass is 9.98. The lowest BCUT2D eigenvalue weighted by Gasteiger charge is -2.36. The molecule has 6 nitrogen and oxygen atoms in total. The van der Waals surface area contributed by atoms with Crippen molar-refractivity contribution in [1.29, 1.82) is 0 Å². The first-order valence-electron chi connectivity index (χ1n) is 10.5. The fourth-order valence-electron chi connectivity index (χ4n) is 3.82. The number of amides is 2. The van der Waals surface area contributed by atoms with Crippen molar-refractivity contribution in [3.8, 4) is 22.6 Å². The van der Waals surface area contributed by atoms with Gasteiger partial charge >= 0.3 is 0 Å². The number of carbonyl (C=O) groups excluding carboxylic acids is 2. The van der Waals surface area contributed by atoms with E-state index in [1.807, 2.05) is 66.7 Å². The summed E-state index contributed by atoms with van der Waals surface area (Å²) in [6.07, 6.45) is 1.35. The second kappa shape index (κ2) is 9.39. The van der Waals surface area contributed by atoms with Gasteiger partial charge in [0.1, 0.15) is 11.5 Å². The smallest absolute Gasteiger partial charge is 0.249 e. The van der Waals surface area contributed by atoms with Crippen LogP contribution in [-0.2, 0) is 4.79 Å². The van der Waals surface area contributed by atoms with E-state index in [9.17, 15) is 9.59 Å². The van der Waals surface area contributed by atoms with Crippen LogP contribution in [-0.4, -0.2) is 42.9 Å². The fraction of sp³-hybridized carbons (Fsp3) is 0.154. The molecule has 0 aliphatic carbocycles. The molecule has 6 heteroatoms. The number of rotatable bonds is 6. The molecular formula is C26H25N3O3. The summed E-state index contributed by atoms with van der Waals surface area (Å²) in [4.78, 5) is 27.9. The van der Waals surface area contributed by atoms with Gasteiger partial charge in [0.05, 0.1) is 0 Å². The molecule has 162 valence electrons. The molecule has 4 rings (SSSR count). The average molecular weight is 428 g/mol. The molecule has 3 aromatic rings. The van der Waals surface area contributed by atoms with Crippen molar-refractivity contribution in [1.82, 2.24) is 4.90 Å². The third-order valence-corrected chi connectivity index (χ3v) is 5.54. The molecular weight excluding hydrogens is 402 g/mol. The summed E-state index contributed by atoms with van der Waals surface area (Å²) in [5.41, 5.74) is 8.74. The Morgan fingerprint density at radius 1 is 0.875 bits per heavy atom. The zero-order valence-corrected chi connectivity index (χ0v) is 17.7. The standard InChI is InChI=1S/C26H25N3O3/c1-2-25(30)29-16-14-28(15-17-29)20-10-13-23(26(27)31)24(18-20)19-8-11-22(12-9-19)32-21-6-4-3-5-7-21/h2-13,18H,1,14-17H2,(H2,27,31). The summed E-state index contributed by atoms with van der Waals surface area (Å²) in [5, 5.41) is 0. The first kappa shape index (κ1) is 21.2. The van der Waals surface area contributed by atoms with Crippen molar-refractivity contribution in [3.63, 3.8) is 0 Å². The van der Waals surface area contributed by atoms with E-state index in [-0.39, 0.29) is 5.91 Å². The Balaban J connectivity index is 1.57. The van der Waals surface area contributed by atoms with Gasteiger partial charge in [-0.05, 0) is 59.7 Å². The van der Waals surface area contributed by atoms with Crippen LogP contribution in [0.1, 0.15) is 10.4 Å². The molecule has 0 saturated carbocycles. The predicted molar refractivity (Wildman–Crippen MR) is 126 cm³/mol. The molecule has 1 aliphatic heterocycles. The lowest BCUT2D eigenvalue weighted by Crippen LogP contribution is -2.48. The van der Waals surface area contributed by atoms with Crippen molar-refractivity contribution < 1.29 is 14.3 Å². The molecule has 0 bridgehead atoms. The fourth-order valence-corrected chi connectivity index (χ4v) is 3.82. The van der Waals surface area contributed by atoms with Crippen LogP contribution in [0.2, 0.25) is 0 Å². The summed E-state index contributed by atoms with van der Waals surface area (Å²) >= 11 is 0. The van der Waals surface area contributed by atoms with Gasteiger partial charge in [-0.15, -0.1) is 0 Å². The number of hydrogen-bond acceptors (Lipinski definition) is 4. The highest BCUT2D eigenvalue weighted by Crippen LogP contribution is 2.31. The molecule has 0 radical (unpaired) electrons. The maximum atomic E-state index is 12.1. The predicted octanol–water partition coefficient (Wildman–Crippen LogP) is 4.08. The molecule has 0 atom stereocenters. The SMILES string of the molecule is C=CC(=O)N1CCN(c2ccc(C(N)=O)c(-c3ccc(Oc4ccccc4)cc3)c2)CC1. The lowest BCUT2D eigenvalue weighted by molar-refractivity contribution is -0.126. The number of carbonyl (C=O) groups is 2. The number of hydrogen-bond donors (Lipinski definition) is 1. The number of piperazine rings is 1. The minimum atomic E-state index is -0.474. The third kappa shape index (κ3) is 4.64. The van der Waals surface area contributed by atoms with E-state index < -0.39 is 5.91 Å². The van der Waals surface area contributed by atoms with Gasteiger partial charge in [-0.2, -0.15) is 0 Å². The van der Waals surface area contributed by atoms with Crippen molar-refractivity contribution in [2.75, 3.05) is 31.1 Å². The van der Waals surface area contributed by atoms with Crippen molar-refractivity contribution >= 4 is 17.5 Å². The van der Waals surface area contributed by atoms with Crippen LogP contribution < -0.4 is 15.4 Å². The summed E-state index contributed by atoms with van der Waals surface area (Å²) in [5.74, 6) is 0.943. The topological polar surface area (TPSA) is 75.9 Å². The van der Waals surface area contributed by atoms with Gasteiger partial charge in [-0.3, -0.25) is 9.59 Å². The molecule has 1 saturated heterocycles. The molecule has 3 aromatic carbocycles. The van der Waals surface area contributed by atoms with Gasteiger partial charge in [0.15, 0.2) is 0 Å². The molecule has 0 spiro atoms. The van der Waals surface area contributed by atoms with E-state index in [4.69, 9.17) is 10.5 Å². The number of nitrogens with two attached hydrogens (primary N) is 1. The Morgan fingerprint density at radius 2 is 1.53 bits per heavy atom. The van der Waals surface area contributed by atoms with Crippen molar-refractivity contribution in [2.24, 2.45) is 5.73 Å². The second-order valence-electron chi connectivity index (χ2n) is 7.55. The Labute approximate surface area is 187 Å². The highest BCUT2D eigenvalue weighted by molar-refractivity contribution is 6.00. The Morgan fingerprint density at radius 3 is 2.16 bits per heavy atom. The highest BCUT2D eigenvalue weighted by Gasteiger charge is 2.21. The molecule has 0 unspecified atom stereocenters. The van der Waals surface area contributed by atoms with Gasteiger partial charge in [0, 0.05) is 37.4 Å². The Kier molecular flexibility index (Phi) is 6.22. The van der Waals surface area contributed by atoms with Crippen LogP contribution in [0.5, 0.6) is 11.5 Å². The van der Waals surface area contributed by atoms with E-state index in [0.29, 0.717) is 37.5 Å². The van der Waals surface area contributed by atoms with Crippen LogP contribution in [0.3, 0.4) is 0 Å².